The zero-order valence-corrected chi connectivity index (χ0v) is 18.7. The number of esters is 1. The molecule has 4 heteroatoms. The van der Waals surface area contributed by atoms with Crippen LogP contribution in [0.5, 0.6) is 0 Å². The Hall–Kier alpha value is -0.900. The van der Waals surface area contributed by atoms with Crippen molar-refractivity contribution in [2.75, 3.05) is 7.11 Å². The van der Waals surface area contributed by atoms with Crippen molar-refractivity contribution in [3.8, 4) is 0 Å². The van der Waals surface area contributed by atoms with Gasteiger partial charge in [0.05, 0.1) is 13.2 Å². The van der Waals surface area contributed by atoms with Gasteiger partial charge >= 0.3 is 5.97 Å². The second-order valence-corrected chi connectivity index (χ2v) is 11.5. The molecule has 4 nitrogen and oxygen atoms in total. The molecule has 4 bridgehead atoms. The van der Waals surface area contributed by atoms with Gasteiger partial charge in [0.25, 0.3) is 0 Å². The van der Waals surface area contributed by atoms with Crippen LogP contribution < -0.4 is 0 Å². The van der Waals surface area contributed by atoms with Crippen molar-refractivity contribution in [2.45, 2.75) is 96.7 Å². The van der Waals surface area contributed by atoms with E-state index in [4.69, 9.17) is 9.47 Å². The number of carbonyl (C=O) groups excluding carboxylic acids is 2. The summed E-state index contributed by atoms with van der Waals surface area (Å²) >= 11 is 0. The number of Topliss-reactive ketones (excluding diaryl/α,β-unsaturated/α-hetero) is 1. The van der Waals surface area contributed by atoms with Crippen LogP contribution >= 0.6 is 0 Å². The molecule has 6 rings (SSSR count). The molecule has 0 N–H and O–H groups in total. The van der Waals surface area contributed by atoms with Crippen LogP contribution in [0.4, 0.5) is 0 Å². The summed E-state index contributed by atoms with van der Waals surface area (Å²) in [5.74, 6) is 2.93. The highest BCUT2D eigenvalue weighted by atomic mass is 16.5. The minimum absolute atomic E-state index is 0.0532. The highest BCUT2D eigenvalue weighted by Gasteiger charge is 2.74. The van der Waals surface area contributed by atoms with Crippen LogP contribution in [-0.2, 0) is 19.1 Å². The fraction of sp³-hybridized carbons (Fsp3) is 0.920. The standard InChI is InChI=1S/C25H38O4/c1-15(5-10-22(27)28-4)18-8-9-19-20-7-6-16-13-17-11-12-24(16,3)25(20,29-17)21(26)14-23(18,19)2/h15-20H,5-14H2,1-4H3/t15-,16?,17?,18-,19+,20+,23-,24+,25+/m1/s1. The summed E-state index contributed by atoms with van der Waals surface area (Å²) in [6.07, 6.45) is 10.7. The van der Waals surface area contributed by atoms with E-state index in [2.05, 4.69) is 20.8 Å². The highest BCUT2D eigenvalue weighted by molar-refractivity contribution is 5.91. The van der Waals surface area contributed by atoms with Crippen LogP contribution in [0.15, 0.2) is 0 Å². The monoisotopic (exact) mass is 402 g/mol. The quantitative estimate of drug-likeness (QED) is 0.625. The number of rotatable bonds is 4. The van der Waals surface area contributed by atoms with Gasteiger partial charge in [-0.3, -0.25) is 9.59 Å². The average Bonchev–Trinajstić information content (AvgIpc) is 3.02. The van der Waals surface area contributed by atoms with Crippen molar-refractivity contribution >= 4 is 11.8 Å². The van der Waals surface area contributed by atoms with E-state index in [0.29, 0.717) is 54.3 Å². The predicted octanol–water partition coefficient (Wildman–Crippen LogP) is 4.94. The maximum atomic E-state index is 14.0. The van der Waals surface area contributed by atoms with Crippen LogP contribution in [0.3, 0.4) is 0 Å². The Kier molecular flexibility index (Phi) is 4.52. The second-order valence-electron chi connectivity index (χ2n) is 11.5. The van der Waals surface area contributed by atoms with Gasteiger partial charge in [0.2, 0.25) is 0 Å². The molecule has 9 atom stereocenters. The van der Waals surface area contributed by atoms with Crippen molar-refractivity contribution in [2.24, 2.45) is 40.4 Å². The molecule has 2 heterocycles. The van der Waals surface area contributed by atoms with E-state index < -0.39 is 5.60 Å². The summed E-state index contributed by atoms with van der Waals surface area (Å²) in [6.45, 7) is 7.07. The molecule has 0 aromatic carbocycles. The minimum atomic E-state index is -0.495. The zero-order valence-electron chi connectivity index (χ0n) is 18.7. The van der Waals surface area contributed by atoms with Crippen LogP contribution in [0.2, 0.25) is 0 Å². The molecule has 4 aliphatic carbocycles. The van der Waals surface area contributed by atoms with Crippen LogP contribution in [0.25, 0.3) is 0 Å². The summed E-state index contributed by atoms with van der Waals surface area (Å²) in [5, 5.41) is 0. The number of hydrogen-bond donors (Lipinski definition) is 0. The summed E-state index contributed by atoms with van der Waals surface area (Å²) in [6, 6.07) is 0. The first-order chi connectivity index (χ1) is 13.8. The predicted molar refractivity (Wildman–Crippen MR) is 110 cm³/mol. The van der Waals surface area contributed by atoms with E-state index in [1.54, 1.807) is 0 Å². The third-order valence-electron chi connectivity index (χ3n) is 10.6. The lowest BCUT2D eigenvalue weighted by Crippen LogP contribution is -2.75. The minimum Gasteiger partial charge on any atom is -0.469 e. The Bertz CT molecular complexity index is 718. The molecular formula is C25H38O4. The topological polar surface area (TPSA) is 52.6 Å². The molecular weight excluding hydrogens is 364 g/mol. The summed E-state index contributed by atoms with van der Waals surface area (Å²) < 4.78 is 11.7. The molecule has 0 aromatic heterocycles. The first-order valence-corrected chi connectivity index (χ1v) is 12.0. The van der Waals surface area contributed by atoms with Crippen molar-refractivity contribution in [3.63, 3.8) is 0 Å². The first kappa shape index (κ1) is 20.0. The first-order valence-electron chi connectivity index (χ1n) is 12.0. The van der Waals surface area contributed by atoms with Gasteiger partial charge < -0.3 is 9.47 Å². The Morgan fingerprint density at radius 1 is 1.17 bits per heavy atom. The lowest BCUT2D eigenvalue weighted by Gasteiger charge is -2.70. The Balaban J connectivity index is 1.44. The van der Waals surface area contributed by atoms with Crippen LogP contribution in [0.1, 0.15) is 85.0 Å². The maximum Gasteiger partial charge on any atom is 0.305 e. The lowest BCUT2D eigenvalue weighted by molar-refractivity contribution is -0.307. The van der Waals surface area contributed by atoms with Crippen LogP contribution in [-0.4, -0.2) is 30.6 Å². The molecule has 2 unspecified atom stereocenters. The fourth-order valence-electron chi connectivity index (χ4n) is 9.24. The van der Waals surface area contributed by atoms with Crippen molar-refractivity contribution in [3.05, 3.63) is 0 Å². The van der Waals surface area contributed by atoms with E-state index in [0.717, 1.165) is 12.8 Å². The molecule has 4 saturated carbocycles. The van der Waals surface area contributed by atoms with E-state index in [-0.39, 0.29) is 16.8 Å². The molecule has 162 valence electrons. The van der Waals surface area contributed by atoms with Gasteiger partial charge in [-0.1, -0.05) is 20.8 Å². The SMILES string of the molecule is COC(=O)CC[C@@H](C)[C@H]1CC[C@H]2[C@@H]3CCC4CC5CC[C@]4(C)[C@@]3(O5)C(=O)C[C@]12C. The number of fused-ring (bicyclic) bond motifs is 3. The number of carbonyl (C=O) groups is 2. The van der Waals surface area contributed by atoms with Gasteiger partial charge in [-0.2, -0.15) is 0 Å². The van der Waals surface area contributed by atoms with Gasteiger partial charge in [-0.05, 0) is 86.4 Å². The Labute approximate surface area is 175 Å². The molecule has 2 aliphatic heterocycles. The third kappa shape index (κ3) is 2.47. The number of ketones is 1. The number of methoxy groups -OCH3 is 1. The molecule has 6 fully saturated rings. The molecule has 29 heavy (non-hydrogen) atoms. The van der Waals surface area contributed by atoms with Gasteiger partial charge in [0, 0.05) is 18.3 Å². The highest BCUT2D eigenvalue weighted by Crippen LogP contribution is 2.72. The van der Waals surface area contributed by atoms with E-state index >= 15 is 0 Å². The van der Waals surface area contributed by atoms with Crippen molar-refractivity contribution < 1.29 is 19.1 Å². The largest absolute Gasteiger partial charge is 0.469 e. The molecule has 6 aliphatic rings. The molecule has 0 amide bonds. The normalized spacial score (nSPS) is 51.3. The summed E-state index contributed by atoms with van der Waals surface area (Å²) in [7, 11) is 1.47. The number of ether oxygens (including phenoxy) is 2. The Morgan fingerprint density at radius 2 is 1.93 bits per heavy atom. The van der Waals surface area contributed by atoms with Gasteiger partial charge in [0.15, 0.2) is 5.78 Å². The smallest absolute Gasteiger partial charge is 0.305 e. The second kappa shape index (κ2) is 6.55. The molecule has 2 saturated heterocycles. The fourth-order valence-corrected chi connectivity index (χ4v) is 9.24. The third-order valence-corrected chi connectivity index (χ3v) is 10.6. The van der Waals surface area contributed by atoms with E-state index in [9.17, 15) is 9.59 Å². The van der Waals surface area contributed by atoms with Crippen molar-refractivity contribution in [1.29, 1.82) is 0 Å². The zero-order chi connectivity index (χ0) is 20.6. The lowest BCUT2D eigenvalue weighted by atomic mass is 9.40. The summed E-state index contributed by atoms with van der Waals surface area (Å²) in [5.41, 5.74) is -0.380. The Morgan fingerprint density at radius 3 is 2.69 bits per heavy atom. The average molecular weight is 403 g/mol. The van der Waals surface area contributed by atoms with E-state index in [1.165, 1.54) is 45.6 Å². The van der Waals surface area contributed by atoms with Gasteiger partial charge in [0.1, 0.15) is 5.60 Å². The maximum absolute atomic E-state index is 14.0. The summed E-state index contributed by atoms with van der Waals surface area (Å²) in [4.78, 5) is 25.7. The van der Waals surface area contributed by atoms with E-state index in [1.807, 2.05) is 0 Å². The molecule has 1 spiro atoms. The van der Waals surface area contributed by atoms with Crippen molar-refractivity contribution in [1.82, 2.24) is 0 Å². The molecule has 0 aromatic rings. The van der Waals surface area contributed by atoms with Gasteiger partial charge in [-0.15, -0.1) is 0 Å². The van der Waals surface area contributed by atoms with Gasteiger partial charge in [-0.25, -0.2) is 0 Å². The molecule has 0 radical (unpaired) electrons. The van der Waals surface area contributed by atoms with Crippen LogP contribution in [0, 0.1) is 40.4 Å². The number of hydrogen-bond acceptors (Lipinski definition) is 4.